The van der Waals surface area contributed by atoms with Crippen LogP contribution in [-0.2, 0) is 9.59 Å². The highest BCUT2D eigenvalue weighted by Gasteiger charge is 2.43. The predicted octanol–water partition coefficient (Wildman–Crippen LogP) is 2.64. The van der Waals surface area contributed by atoms with E-state index in [0.717, 1.165) is 25.0 Å². The fraction of sp³-hybridized carbons (Fsp3) is 0.773. The summed E-state index contributed by atoms with van der Waals surface area (Å²) in [4.78, 5) is 26.9. The number of likely N-dealkylation sites (tertiary alicyclic amines) is 1. The van der Waals surface area contributed by atoms with E-state index in [1.165, 1.54) is 19.3 Å². The molecule has 1 heterocycles. The second kappa shape index (κ2) is 8.24. The van der Waals surface area contributed by atoms with Crippen LogP contribution in [-0.4, -0.2) is 41.3 Å². The van der Waals surface area contributed by atoms with Crippen molar-refractivity contribution in [2.75, 3.05) is 13.1 Å². The fourth-order valence-electron chi connectivity index (χ4n) is 5.01. The molecular weight excluding hydrogens is 352 g/mol. The zero-order valence-corrected chi connectivity index (χ0v) is 17.3. The van der Waals surface area contributed by atoms with Crippen LogP contribution in [0.25, 0.3) is 0 Å². The molecule has 1 saturated heterocycles. The molecule has 6 heteroatoms. The molecule has 28 heavy (non-hydrogen) atoms. The van der Waals surface area contributed by atoms with Gasteiger partial charge in [0, 0.05) is 31.2 Å². The Kier molecular flexibility index (Phi) is 6.14. The van der Waals surface area contributed by atoms with Crippen LogP contribution < -0.4 is 11.1 Å². The summed E-state index contributed by atoms with van der Waals surface area (Å²) in [6.07, 6.45) is 10.4. The molecule has 2 atom stereocenters. The highest BCUT2D eigenvalue weighted by atomic mass is 16.2. The van der Waals surface area contributed by atoms with Gasteiger partial charge in [-0.15, -0.1) is 0 Å². The topological polar surface area (TPSA) is 99.2 Å². The summed E-state index contributed by atoms with van der Waals surface area (Å²) < 4.78 is 0. The molecule has 0 aromatic heterocycles. The molecule has 0 aromatic carbocycles. The maximum absolute atomic E-state index is 12.7. The van der Waals surface area contributed by atoms with Gasteiger partial charge in [0.05, 0.1) is 18.7 Å². The Morgan fingerprint density at radius 1 is 1.36 bits per heavy atom. The van der Waals surface area contributed by atoms with Crippen molar-refractivity contribution in [2.45, 2.75) is 83.2 Å². The number of hydrogen-bond donors (Lipinski definition) is 2. The molecule has 1 saturated carbocycles. The fourth-order valence-corrected chi connectivity index (χ4v) is 5.01. The minimum absolute atomic E-state index is 0.0648. The molecule has 2 aliphatic carbocycles. The predicted molar refractivity (Wildman–Crippen MR) is 108 cm³/mol. The van der Waals surface area contributed by atoms with E-state index in [2.05, 4.69) is 30.1 Å². The van der Waals surface area contributed by atoms with Gasteiger partial charge < -0.3 is 16.0 Å². The van der Waals surface area contributed by atoms with Crippen LogP contribution in [0.15, 0.2) is 11.8 Å². The number of nitrogens with zero attached hydrogens (tertiary/aromatic N) is 2. The molecular formula is C22H34N4O2. The van der Waals surface area contributed by atoms with Crippen molar-refractivity contribution in [1.29, 1.82) is 5.26 Å². The summed E-state index contributed by atoms with van der Waals surface area (Å²) in [5, 5.41) is 12.8. The Bertz CT molecular complexity index is 687. The third-order valence-electron chi connectivity index (χ3n) is 6.54. The third kappa shape index (κ3) is 4.94. The van der Waals surface area contributed by atoms with Crippen molar-refractivity contribution < 1.29 is 9.59 Å². The molecule has 3 aliphatic rings. The lowest BCUT2D eigenvalue weighted by Gasteiger charge is -2.34. The Morgan fingerprint density at radius 2 is 2.07 bits per heavy atom. The molecule has 154 valence electrons. The van der Waals surface area contributed by atoms with Gasteiger partial charge in [0.15, 0.2) is 5.78 Å². The van der Waals surface area contributed by atoms with Crippen LogP contribution in [0.5, 0.6) is 0 Å². The number of amides is 1. The molecule has 6 nitrogen and oxygen atoms in total. The average Bonchev–Trinajstić information content (AvgIpc) is 3.05. The van der Waals surface area contributed by atoms with Gasteiger partial charge in [-0.05, 0) is 24.2 Å². The molecule has 0 bridgehead atoms. The van der Waals surface area contributed by atoms with Crippen molar-refractivity contribution >= 4 is 11.7 Å². The standard InChI is InChI=1S/C22H34N4O2/c1-21(2)12-17(11-18(27)13-21)26-9-8-22(14-23,15-26)25-20(28)19(24)10-16-6-4-3-5-7-16/h11,16,19H,3-10,12-13,15,24H2,1-2H3,(H,25,28). The highest BCUT2D eigenvalue weighted by molar-refractivity contribution is 5.91. The maximum Gasteiger partial charge on any atom is 0.238 e. The Hall–Kier alpha value is -1.87. The van der Waals surface area contributed by atoms with E-state index in [1.54, 1.807) is 6.08 Å². The highest BCUT2D eigenvalue weighted by Crippen LogP contribution is 2.37. The van der Waals surface area contributed by atoms with Gasteiger partial charge in [-0.1, -0.05) is 46.0 Å². The normalized spacial score (nSPS) is 29.1. The number of nitrogens with two attached hydrogens (primary N) is 1. The number of ketones is 1. The van der Waals surface area contributed by atoms with Gasteiger partial charge >= 0.3 is 0 Å². The number of nitriles is 1. The zero-order chi connectivity index (χ0) is 20.4. The van der Waals surface area contributed by atoms with Gasteiger partial charge in [-0.25, -0.2) is 0 Å². The Balaban J connectivity index is 1.60. The van der Waals surface area contributed by atoms with Crippen LogP contribution in [0.2, 0.25) is 0 Å². The van der Waals surface area contributed by atoms with Gasteiger partial charge in [0.2, 0.25) is 5.91 Å². The van der Waals surface area contributed by atoms with Gasteiger partial charge in [0.1, 0.15) is 5.54 Å². The van der Waals surface area contributed by atoms with E-state index in [-0.39, 0.29) is 17.1 Å². The first-order valence-electron chi connectivity index (χ1n) is 10.7. The van der Waals surface area contributed by atoms with Gasteiger partial charge in [0.25, 0.3) is 0 Å². The van der Waals surface area contributed by atoms with Gasteiger partial charge in [-0.2, -0.15) is 5.26 Å². The van der Waals surface area contributed by atoms with E-state index in [9.17, 15) is 14.9 Å². The quantitative estimate of drug-likeness (QED) is 0.757. The third-order valence-corrected chi connectivity index (χ3v) is 6.54. The van der Waals surface area contributed by atoms with Crippen molar-refractivity contribution in [2.24, 2.45) is 17.1 Å². The first-order chi connectivity index (χ1) is 13.2. The zero-order valence-electron chi connectivity index (χ0n) is 17.3. The first-order valence-corrected chi connectivity index (χ1v) is 10.7. The average molecular weight is 387 g/mol. The lowest BCUT2D eigenvalue weighted by molar-refractivity contribution is -0.124. The van der Waals surface area contributed by atoms with Crippen molar-refractivity contribution in [1.82, 2.24) is 10.2 Å². The molecule has 3 rings (SSSR count). The molecule has 3 N–H and O–H groups in total. The number of allylic oxidation sites excluding steroid dienone is 2. The lowest BCUT2D eigenvalue weighted by Crippen LogP contribution is -2.54. The summed E-state index contributed by atoms with van der Waals surface area (Å²) in [6.45, 7) is 5.27. The second-order valence-electron chi connectivity index (χ2n) is 9.82. The number of carbonyl (C=O) groups excluding carboxylic acids is 2. The molecule has 0 radical (unpaired) electrons. The summed E-state index contributed by atoms with van der Waals surface area (Å²) in [5.41, 5.74) is 6.18. The molecule has 0 spiro atoms. The summed E-state index contributed by atoms with van der Waals surface area (Å²) in [7, 11) is 0. The number of hydrogen-bond acceptors (Lipinski definition) is 5. The minimum atomic E-state index is -0.924. The van der Waals surface area contributed by atoms with Crippen LogP contribution in [0, 0.1) is 22.7 Å². The van der Waals surface area contributed by atoms with Crippen LogP contribution in [0.3, 0.4) is 0 Å². The summed E-state index contributed by atoms with van der Waals surface area (Å²) in [5.74, 6) is 0.440. The Labute approximate surface area is 168 Å². The van der Waals surface area contributed by atoms with Crippen molar-refractivity contribution in [3.8, 4) is 6.07 Å². The van der Waals surface area contributed by atoms with E-state index in [4.69, 9.17) is 5.73 Å². The van der Waals surface area contributed by atoms with E-state index in [1.807, 2.05) is 0 Å². The summed E-state index contributed by atoms with van der Waals surface area (Å²) >= 11 is 0. The van der Waals surface area contributed by atoms with Crippen LogP contribution in [0.4, 0.5) is 0 Å². The van der Waals surface area contributed by atoms with E-state index < -0.39 is 11.6 Å². The Morgan fingerprint density at radius 3 is 2.71 bits per heavy atom. The molecule has 0 aromatic rings. The lowest BCUT2D eigenvalue weighted by atomic mass is 9.78. The van der Waals surface area contributed by atoms with Crippen LogP contribution >= 0.6 is 0 Å². The minimum Gasteiger partial charge on any atom is -0.371 e. The van der Waals surface area contributed by atoms with Crippen molar-refractivity contribution in [3.63, 3.8) is 0 Å². The molecule has 2 unspecified atom stereocenters. The smallest absolute Gasteiger partial charge is 0.238 e. The second-order valence-corrected chi connectivity index (χ2v) is 9.82. The molecule has 1 aliphatic heterocycles. The number of rotatable bonds is 5. The molecule has 2 fully saturated rings. The van der Waals surface area contributed by atoms with Crippen molar-refractivity contribution in [3.05, 3.63) is 11.8 Å². The SMILES string of the molecule is CC1(C)CC(=O)C=C(N2CCC(C#N)(NC(=O)C(N)CC3CCCCC3)C2)C1. The maximum atomic E-state index is 12.7. The van der Waals surface area contributed by atoms with Crippen LogP contribution in [0.1, 0.15) is 71.6 Å². The number of nitrogens with one attached hydrogen (secondary N) is 1. The van der Waals surface area contributed by atoms with E-state index in [0.29, 0.717) is 38.3 Å². The molecule has 1 amide bonds. The van der Waals surface area contributed by atoms with Gasteiger partial charge in [-0.3, -0.25) is 9.59 Å². The monoisotopic (exact) mass is 386 g/mol. The number of carbonyl (C=O) groups is 2. The summed E-state index contributed by atoms with van der Waals surface area (Å²) in [6, 6.07) is 1.77. The largest absolute Gasteiger partial charge is 0.371 e. The first kappa shape index (κ1) is 20.9. The van der Waals surface area contributed by atoms with E-state index >= 15 is 0 Å².